The first-order chi connectivity index (χ1) is 10.8. The molecule has 1 heterocycles. The Morgan fingerprint density at radius 3 is 2.05 bits per heavy atom. The molecular weight excluding hydrogens is 276 g/mol. The zero-order valence-corrected chi connectivity index (χ0v) is 14.8. The van der Waals surface area contributed by atoms with Crippen LogP contribution in [0.15, 0.2) is 0 Å². The summed E-state index contributed by atoms with van der Waals surface area (Å²) in [5, 5.41) is 0. The van der Waals surface area contributed by atoms with E-state index in [-0.39, 0.29) is 5.97 Å². The maximum absolute atomic E-state index is 11.0. The Morgan fingerprint density at radius 2 is 1.45 bits per heavy atom. The molecule has 0 aliphatic carbocycles. The van der Waals surface area contributed by atoms with Gasteiger partial charge in [-0.1, -0.05) is 58.3 Å². The quantitative estimate of drug-likeness (QED) is 0.337. The summed E-state index contributed by atoms with van der Waals surface area (Å²) in [6.45, 7) is 2.24. The predicted molar refractivity (Wildman–Crippen MR) is 91.0 cm³/mol. The maximum Gasteiger partial charge on any atom is 0.305 e. The molecule has 3 nitrogen and oxygen atoms in total. The van der Waals surface area contributed by atoms with Crippen LogP contribution in [0.4, 0.5) is 0 Å². The lowest BCUT2D eigenvalue weighted by molar-refractivity contribution is -0.140. The summed E-state index contributed by atoms with van der Waals surface area (Å²) in [4.78, 5) is 11.0. The third-order valence-electron chi connectivity index (χ3n) is 4.69. The van der Waals surface area contributed by atoms with Crippen LogP contribution in [0, 0.1) is 0 Å². The minimum Gasteiger partial charge on any atom is -0.469 e. The fourth-order valence-corrected chi connectivity index (χ4v) is 3.33. The summed E-state index contributed by atoms with van der Waals surface area (Å²) in [5.41, 5.74) is 0. The number of ether oxygens (including phenoxy) is 2. The second-order valence-electron chi connectivity index (χ2n) is 6.69. The fraction of sp³-hybridized carbons (Fsp3) is 0.947. The van der Waals surface area contributed by atoms with Crippen molar-refractivity contribution in [3.05, 3.63) is 0 Å². The summed E-state index contributed by atoms with van der Waals surface area (Å²) in [6, 6.07) is 0. The summed E-state index contributed by atoms with van der Waals surface area (Å²) in [7, 11) is 1.46. The van der Waals surface area contributed by atoms with Gasteiger partial charge in [-0.2, -0.15) is 0 Å². The first-order valence-corrected chi connectivity index (χ1v) is 9.48. The molecule has 0 aromatic carbocycles. The van der Waals surface area contributed by atoms with Crippen LogP contribution in [-0.2, 0) is 14.3 Å². The van der Waals surface area contributed by atoms with E-state index in [0.717, 1.165) is 12.8 Å². The van der Waals surface area contributed by atoms with Gasteiger partial charge >= 0.3 is 5.97 Å². The van der Waals surface area contributed by atoms with E-state index >= 15 is 0 Å². The molecule has 0 aromatic heterocycles. The van der Waals surface area contributed by atoms with Gasteiger partial charge < -0.3 is 9.47 Å². The lowest BCUT2D eigenvalue weighted by Gasteiger charge is -2.12. The molecule has 0 aromatic rings. The minimum absolute atomic E-state index is 0.0738. The Kier molecular flexibility index (Phi) is 11.4. The van der Waals surface area contributed by atoms with Crippen molar-refractivity contribution in [2.45, 2.75) is 109 Å². The molecule has 0 amide bonds. The maximum atomic E-state index is 11.0. The van der Waals surface area contributed by atoms with Gasteiger partial charge in [-0.05, 0) is 32.1 Å². The Morgan fingerprint density at radius 1 is 0.909 bits per heavy atom. The third-order valence-corrected chi connectivity index (χ3v) is 4.69. The third kappa shape index (κ3) is 9.45. The van der Waals surface area contributed by atoms with Crippen LogP contribution >= 0.6 is 0 Å². The van der Waals surface area contributed by atoms with Crippen molar-refractivity contribution in [2.24, 2.45) is 0 Å². The summed E-state index contributed by atoms with van der Waals surface area (Å²) >= 11 is 0. The number of rotatable bonds is 13. The standard InChI is InChI=1S/C19H36O3/c1-3-12-17-15-16-18(22-17)13-10-8-6-4-5-7-9-11-14-19(20)21-2/h17-18H,3-16H2,1-2H3/t17-,18-/m0/s1. The summed E-state index contributed by atoms with van der Waals surface area (Å²) in [5.74, 6) is -0.0738. The molecule has 0 bridgehead atoms. The van der Waals surface area contributed by atoms with Gasteiger partial charge in [0.15, 0.2) is 0 Å². The van der Waals surface area contributed by atoms with Gasteiger partial charge in [0.25, 0.3) is 0 Å². The first-order valence-electron chi connectivity index (χ1n) is 9.48. The van der Waals surface area contributed by atoms with Crippen LogP contribution < -0.4 is 0 Å². The second kappa shape index (κ2) is 12.9. The molecule has 0 unspecified atom stereocenters. The SMILES string of the molecule is CCC[C@H]1CC[C@H](CCCCCCCCCCC(=O)OC)O1. The van der Waals surface area contributed by atoms with Crippen molar-refractivity contribution in [2.75, 3.05) is 7.11 Å². The molecule has 0 spiro atoms. The molecule has 130 valence electrons. The normalized spacial score (nSPS) is 21.2. The molecule has 0 N–H and O–H groups in total. The van der Waals surface area contributed by atoms with Crippen molar-refractivity contribution in [3.63, 3.8) is 0 Å². The number of methoxy groups -OCH3 is 1. The molecule has 1 aliphatic rings. The van der Waals surface area contributed by atoms with Crippen molar-refractivity contribution in [3.8, 4) is 0 Å². The van der Waals surface area contributed by atoms with E-state index in [1.165, 1.54) is 77.7 Å². The van der Waals surface area contributed by atoms with Gasteiger partial charge in [-0.25, -0.2) is 0 Å². The summed E-state index contributed by atoms with van der Waals surface area (Å²) in [6.07, 6.45) is 18.1. The van der Waals surface area contributed by atoms with Crippen molar-refractivity contribution < 1.29 is 14.3 Å². The van der Waals surface area contributed by atoms with Gasteiger partial charge in [-0.3, -0.25) is 4.79 Å². The second-order valence-corrected chi connectivity index (χ2v) is 6.69. The Bertz CT molecular complexity index is 278. The van der Waals surface area contributed by atoms with Gasteiger partial charge in [0.05, 0.1) is 19.3 Å². The van der Waals surface area contributed by atoms with Crippen LogP contribution in [0.5, 0.6) is 0 Å². The van der Waals surface area contributed by atoms with E-state index in [1.807, 2.05) is 0 Å². The molecule has 0 saturated carbocycles. The average Bonchev–Trinajstić information content (AvgIpc) is 2.96. The van der Waals surface area contributed by atoms with E-state index in [2.05, 4.69) is 11.7 Å². The number of hydrogen-bond donors (Lipinski definition) is 0. The van der Waals surface area contributed by atoms with Gasteiger partial charge in [0.2, 0.25) is 0 Å². The van der Waals surface area contributed by atoms with E-state index in [1.54, 1.807) is 0 Å². The molecule has 1 saturated heterocycles. The largest absolute Gasteiger partial charge is 0.469 e. The number of unbranched alkanes of at least 4 members (excludes halogenated alkanes) is 7. The number of hydrogen-bond acceptors (Lipinski definition) is 3. The van der Waals surface area contributed by atoms with Gasteiger partial charge in [0, 0.05) is 6.42 Å². The minimum atomic E-state index is -0.0738. The number of carbonyl (C=O) groups excluding carboxylic acids is 1. The van der Waals surface area contributed by atoms with Crippen LogP contribution in [-0.4, -0.2) is 25.3 Å². The van der Waals surface area contributed by atoms with Crippen molar-refractivity contribution in [1.82, 2.24) is 0 Å². The fourth-order valence-electron chi connectivity index (χ4n) is 3.33. The Labute approximate surface area is 137 Å². The Balaban J connectivity index is 1.79. The highest BCUT2D eigenvalue weighted by Gasteiger charge is 2.23. The lowest BCUT2D eigenvalue weighted by Crippen LogP contribution is -2.10. The van der Waals surface area contributed by atoms with Crippen LogP contribution in [0.1, 0.15) is 96.8 Å². The highest BCUT2D eigenvalue weighted by Crippen LogP contribution is 2.26. The predicted octanol–water partition coefficient (Wildman–Crippen LogP) is 5.41. The summed E-state index contributed by atoms with van der Waals surface area (Å²) < 4.78 is 10.7. The number of carbonyl (C=O) groups is 1. The topological polar surface area (TPSA) is 35.5 Å². The lowest BCUT2D eigenvalue weighted by atomic mass is 10.0. The van der Waals surface area contributed by atoms with Crippen LogP contribution in [0.3, 0.4) is 0 Å². The van der Waals surface area contributed by atoms with Crippen LogP contribution in [0.25, 0.3) is 0 Å². The first kappa shape index (κ1) is 19.5. The van der Waals surface area contributed by atoms with Crippen LogP contribution in [0.2, 0.25) is 0 Å². The van der Waals surface area contributed by atoms with Crippen molar-refractivity contribution in [1.29, 1.82) is 0 Å². The van der Waals surface area contributed by atoms with Gasteiger partial charge in [0.1, 0.15) is 0 Å². The monoisotopic (exact) mass is 312 g/mol. The van der Waals surface area contributed by atoms with E-state index in [4.69, 9.17) is 4.74 Å². The molecule has 22 heavy (non-hydrogen) atoms. The zero-order chi connectivity index (χ0) is 16.0. The van der Waals surface area contributed by atoms with Crippen molar-refractivity contribution >= 4 is 5.97 Å². The smallest absolute Gasteiger partial charge is 0.305 e. The molecule has 1 aliphatic heterocycles. The Hall–Kier alpha value is -0.570. The molecule has 0 radical (unpaired) electrons. The number of esters is 1. The van der Waals surface area contributed by atoms with E-state index in [0.29, 0.717) is 18.6 Å². The highest BCUT2D eigenvalue weighted by molar-refractivity contribution is 5.68. The molecule has 1 rings (SSSR count). The van der Waals surface area contributed by atoms with E-state index in [9.17, 15) is 4.79 Å². The molecule has 2 atom stereocenters. The molecular formula is C19H36O3. The van der Waals surface area contributed by atoms with Gasteiger partial charge in [-0.15, -0.1) is 0 Å². The molecule has 1 fully saturated rings. The zero-order valence-electron chi connectivity index (χ0n) is 14.8. The molecule has 3 heteroatoms. The van der Waals surface area contributed by atoms with E-state index < -0.39 is 0 Å². The highest BCUT2D eigenvalue weighted by atomic mass is 16.5. The average molecular weight is 312 g/mol.